The second-order valence-electron chi connectivity index (χ2n) is 11.3. The number of carbonyl (C=O) groups is 1. The number of alkyl halides is 3. The molecule has 3 heterocycles. The minimum Gasteiger partial charge on any atom is -0.476 e. The van der Waals surface area contributed by atoms with Crippen LogP contribution in [0.15, 0.2) is 79.0 Å². The lowest BCUT2D eigenvalue weighted by molar-refractivity contribution is -0.129. The minimum atomic E-state index is -3.30. The fourth-order valence-electron chi connectivity index (χ4n) is 5.47. The number of morpholine rings is 1. The summed E-state index contributed by atoms with van der Waals surface area (Å²) >= 11 is 0. The van der Waals surface area contributed by atoms with Gasteiger partial charge in [-0.1, -0.05) is 42.5 Å². The number of nitrogens with one attached hydrogen (secondary N) is 2. The summed E-state index contributed by atoms with van der Waals surface area (Å²) in [5.41, 5.74) is 1.02. The predicted molar refractivity (Wildman–Crippen MR) is 166 cm³/mol. The number of aromatic nitrogens is 3. The lowest BCUT2D eigenvalue weighted by Crippen LogP contribution is -2.40. The summed E-state index contributed by atoms with van der Waals surface area (Å²) in [4.78, 5) is 18.5. The quantitative estimate of drug-likeness (QED) is 0.120. The molecule has 0 bridgehead atoms. The van der Waals surface area contributed by atoms with Gasteiger partial charge in [0.25, 0.3) is 6.43 Å². The summed E-state index contributed by atoms with van der Waals surface area (Å²) in [5, 5.41) is 9.73. The van der Waals surface area contributed by atoms with E-state index in [4.69, 9.17) is 9.47 Å². The molecule has 1 aliphatic carbocycles. The van der Waals surface area contributed by atoms with E-state index >= 15 is 4.39 Å². The zero-order valence-corrected chi connectivity index (χ0v) is 24.9. The number of halogens is 4. The molecule has 240 valence electrons. The molecule has 2 aliphatic rings. The van der Waals surface area contributed by atoms with E-state index in [0.29, 0.717) is 62.0 Å². The first-order chi connectivity index (χ1) is 22.3. The zero-order chi connectivity index (χ0) is 32.1. The monoisotopic (exact) mass is 635 g/mol. The molecule has 0 radical (unpaired) electrons. The third kappa shape index (κ3) is 7.13. The topological polar surface area (TPSA) is 92.4 Å². The van der Waals surface area contributed by atoms with Crippen LogP contribution < -0.4 is 10.1 Å². The van der Waals surface area contributed by atoms with Crippen LogP contribution in [0.3, 0.4) is 0 Å². The largest absolute Gasteiger partial charge is 0.476 e. The van der Waals surface area contributed by atoms with Gasteiger partial charge < -0.3 is 19.7 Å². The van der Waals surface area contributed by atoms with Crippen molar-refractivity contribution in [3.8, 4) is 5.88 Å². The van der Waals surface area contributed by atoms with Crippen LogP contribution in [0.25, 0.3) is 22.0 Å². The van der Waals surface area contributed by atoms with Gasteiger partial charge in [0.2, 0.25) is 17.7 Å². The van der Waals surface area contributed by atoms with E-state index < -0.39 is 18.5 Å². The first-order valence-electron chi connectivity index (χ1n) is 15.1. The summed E-state index contributed by atoms with van der Waals surface area (Å²) in [6.45, 7) is 3.10. The summed E-state index contributed by atoms with van der Waals surface area (Å²) in [6, 6.07) is 16.0. The summed E-state index contributed by atoms with van der Waals surface area (Å²) in [6.07, 6.45) is 0.660. The van der Waals surface area contributed by atoms with E-state index in [9.17, 15) is 18.0 Å². The standard InChI is InChI=1S/C34H33F4N5O3/c35-31(32(36)37)30(22-5-2-1-3-6-22)29(23-8-10-26-25(19-23)33(38)42-41-26)24-9-11-27(39-20-24)46-21-34(12-13-34)40-14-4-7-28(44)43-15-17-45-18-16-43/h1-11,19-20,31-32,40H,12-18,21H2,(H,41,42)/b7-4+,30-29-. The van der Waals surface area contributed by atoms with E-state index in [1.807, 2.05) is 0 Å². The molecule has 2 fully saturated rings. The SMILES string of the molecule is O=C(/C=C/CNC1(COc2ccc(/C(=C(/c3ccccc3)C(F)C(F)F)c3ccc4[nH]nc(F)c4c3)cn2)CC1)N1CCOCC1. The molecule has 1 aliphatic heterocycles. The van der Waals surface area contributed by atoms with Gasteiger partial charge in [0.1, 0.15) is 6.61 Å². The van der Waals surface area contributed by atoms with Gasteiger partial charge in [0.15, 0.2) is 6.17 Å². The molecule has 1 atom stereocenters. The number of ether oxygens (including phenoxy) is 2. The van der Waals surface area contributed by atoms with Gasteiger partial charge in [-0.15, -0.1) is 5.10 Å². The Morgan fingerprint density at radius 2 is 1.80 bits per heavy atom. The van der Waals surface area contributed by atoms with Crippen molar-refractivity contribution in [2.24, 2.45) is 0 Å². The number of hydrogen-bond acceptors (Lipinski definition) is 6. The van der Waals surface area contributed by atoms with E-state index in [2.05, 4.69) is 20.5 Å². The van der Waals surface area contributed by atoms with E-state index in [0.717, 1.165) is 12.8 Å². The normalized spacial score (nSPS) is 17.4. The average Bonchev–Trinajstić information content (AvgIpc) is 3.78. The van der Waals surface area contributed by atoms with Crippen molar-refractivity contribution < 1.29 is 31.8 Å². The number of aromatic amines is 1. The third-order valence-corrected chi connectivity index (χ3v) is 8.21. The molecule has 8 nitrogen and oxygen atoms in total. The lowest BCUT2D eigenvalue weighted by atomic mass is 9.87. The molecule has 4 aromatic rings. The number of carbonyl (C=O) groups excluding carboxylic acids is 1. The molecule has 1 saturated carbocycles. The van der Waals surface area contributed by atoms with Gasteiger partial charge in [-0.2, -0.15) is 4.39 Å². The van der Waals surface area contributed by atoms with Gasteiger partial charge in [0, 0.05) is 49.1 Å². The molecule has 1 amide bonds. The van der Waals surface area contributed by atoms with E-state index in [1.54, 1.807) is 71.6 Å². The van der Waals surface area contributed by atoms with Crippen molar-refractivity contribution >= 4 is 28.0 Å². The molecule has 6 rings (SSSR count). The highest BCUT2D eigenvalue weighted by Gasteiger charge is 2.43. The van der Waals surface area contributed by atoms with Gasteiger partial charge in [-0.3, -0.25) is 9.89 Å². The first-order valence-corrected chi connectivity index (χ1v) is 15.1. The molecular formula is C34H33F4N5O3. The molecule has 1 unspecified atom stereocenters. The molecule has 2 N–H and O–H groups in total. The Labute approximate surface area is 263 Å². The molecule has 12 heteroatoms. The number of H-pyrrole nitrogens is 1. The Hall–Kier alpha value is -4.55. The number of fused-ring (bicyclic) bond motifs is 1. The fourth-order valence-corrected chi connectivity index (χ4v) is 5.47. The first kappa shape index (κ1) is 31.4. The van der Waals surface area contributed by atoms with Gasteiger partial charge >= 0.3 is 0 Å². The molecule has 1 saturated heterocycles. The summed E-state index contributed by atoms with van der Waals surface area (Å²) in [5.74, 6) is -0.494. The van der Waals surface area contributed by atoms with Crippen molar-refractivity contribution in [1.29, 1.82) is 0 Å². The Bertz CT molecular complexity index is 1720. The average molecular weight is 636 g/mol. The highest BCUT2D eigenvalue weighted by Crippen LogP contribution is 2.39. The number of amides is 1. The summed E-state index contributed by atoms with van der Waals surface area (Å²) < 4.78 is 69.1. The summed E-state index contributed by atoms with van der Waals surface area (Å²) in [7, 11) is 0. The third-order valence-electron chi connectivity index (χ3n) is 8.21. The smallest absolute Gasteiger partial charge is 0.273 e. The highest BCUT2D eigenvalue weighted by molar-refractivity contribution is 6.01. The van der Waals surface area contributed by atoms with Crippen LogP contribution in [0.1, 0.15) is 29.5 Å². The number of allylic oxidation sites excluding steroid dienone is 1. The highest BCUT2D eigenvalue weighted by atomic mass is 19.3. The number of benzene rings is 2. The lowest BCUT2D eigenvalue weighted by Gasteiger charge is -2.25. The number of pyridine rings is 1. The maximum Gasteiger partial charge on any atom is 0.273 e. The van der Waals surface area contributed by atoms with Crippen molar-refractivity contribution in [2.45, 2.75) is 31.0 Å². The Kier molecular flexibility index (Phi) is 9.46. The maximum absolute atomic E-state index is 15.5. The van der Waals surface area contributed by atoms with Gasteiger partial charge in [-0.05, 0) is 47.7 Å². The molecule has 2 aromatic carbocycles. The van der Waals surface area contributed by atoms with Crippen molar-refractivity contribution in [3.05, 3.63) is 102 Å². The van der Waals surface area contributed by atoms with Crippen LogP contribution in [0.4, 0.5) is 17.6 Å². The van der Waals surface area contributed by atoms with Gasteiger partial charge in [0.05, 0.1) is 29.7 Å². The van der Waals surface area contributed by atoms with Crippen molar-refractivity contribution in [3.63, 3.8) is 0 Å². The van der Waals surface area contributed by atoms with E-state index in [-0.39, 0.29) is 33.5 Å². The molecular weight excluding hydrogens is 602 g/mol. The van der Waals surface area contributed by atoms with Gasteiger partial charge in [-0.25, -0.2) is 18.2 Å². The van der Waals surface area contributed by atoms with E-state index in [1.165, 1.54) is 12.3 Å². The predicted octanol–water partition coefficient (Wildman–Crippen LogP) is 5.58. The second kappa shape index (κ2) is 13.8. The number of rotatable bonds is 12. The Morgan fingerprint density at radius 1 is 1.04 bits per heavy atom. The number of hydrogen-bond donors (Lipinski definition) is 2. The second-order valence-corrected chi connectivity index (χ2v) is 11.3. The maximum atomic E-state index is 15.5. The Balaban J connectivity index is 1.21. The van der Waals surface area contributed by atoms with Crippen LogP contribution in [0, 0.1) is 5.95 Å². The minimum absolute atomic E-state index is 0.0400. The number of nitrogens with zero attached hydrogens (tertiary/aromatic N) is 3. The molecule has 2 aromatic heterocycles. The fraction of sp³-hybridized carbons (Fsp3) is 0.324. The zero-order valence-electron chi connectivity index (χ0n) is 24.9. The van der Waals surface area contributed by atoms with Crippen LogP contribution in [-0.4, -0.2) is 83.6 Å². The van der Waals surface area contributed by atoms with Crippen LogP contribution in [-0.2, 0) is 9.53 Å². The molecule has 46 heavy (non-hydrogen) atoms. The van der Waals surface area contributed by atoms with Crippen molar-refractivity contribution in [2.75, 3.05) is 39.5 Å². The van der Waals surface area contributed by atoms with Crippen LogP contribution >= 0.6 is 0 Å². The van der Waals surface area contributed by atoms with Crippen LogP contribution in [0.2, 0.25) is 0 Å². The molecule has 0 spiro atoms. The Morgan fingerprint density at radius 3 is 2.50 bits per heavy atom. The van der Waals surface area contributed by atoms with Crippen LogP contribution in [0.5, 0.6) is 5.88 Å². The van der Waals surface area contributed by atoms with Crippen molar-refractivity contribution in [1.82, 2.24) is 25.4 Å².